The molecule has 26 heavy (non-hydrogen) atoms. The van der Waals surface area contributed by atoms with E-state index in [1.54, 1.807) is 22.8 Å². The number of para-hydroxylation sites is 1. The molecule has 2 aliphatic heterocycles. The third-order valence-corrected chi connectivity index (χ3v) is 5.81. The molecule has 0 N–H and O–H groups in total. The summed E-state index contributed by atoms with van der Waals surface area (Å²) in [4.78, 5) is 18.4. The van der Waals surface area contributed by atoms with E-state index in [9.17, 15) is 9.18 Å². The molecule has 4 nitrogen and oxygen atoms in total. The summed E-state index contributed by atoms with van der Waals surface area (Å²) in [7, 11) is 0. The van der Waals surface area contributed by atoms with Gasteiger partial charge in [0.2, 0.25) is 5.72 Å². The molecular weight excluding hydrogens is 351 g/mol. The smallest absolute Gasteiger partial charge is 0.270 e. The van der Waals surface area contributed by atoms with Crippen molar-refractivity contribution in [3.8, 4) is 5.75 Å². The highest BCUT2D eigenvalue weighted by Gasteiger charge is 2.42. The van der Waals surface area contributed by atoms with Crippen LogP contribution in [0.2, 0.25) is 0 Å². The summed E-state index contributed by atoms with van der Waals surface area (Å²) in [5.74, 6) is 0.484. The van der Waals surface area contributed by atoms with Gasteiger partial charge in [0, 0.05) is 12.0 Å². The van der Waals surface area contributed by atoms with Crippen molar-refractivity contribution in [2.45, 2.75) is 25.1 Å². The molecule has 2 aliphatic rings. The Morgan fingerprint density at radius 1 is 1.27 bits per heavy atom. The first-order chi connectivity index (χ1) is 12.5. The molecule has 130 valence electrons. The van der Waals surface area contributed by atoms with Crippen molar-refractivity contribution >= 4 is 17.4 Å². The van der Waals surface area contributed by atoms with Crippen LogP contribution >= 0.6 is 11.3 Å². The van der Waals surface area contributed by atoms with Gasteiger partial charge in [-0.25, -0.2) is 9.38 Å². The highest BCUT2D eigenvalue weighted by atomic mass is 32.1. The Hall–Kier alpha value is -2.73. The van der Waals surface area contributed by atoms with Gasteiger partial charge in [0.05, 0.1) is 10.6 Å². The fraction of sp³-hybridized carbons (Fsp3) is 0.200. The van der Waals surface area contributed by atoms with Crippen LogP contribution in [0.15, 0.2) is 58.3 Å². The van der Waals surface area contributed by atoms with E-state index in [0.29, 0.717) is 15.8 Å². The van der Waals surface area contributed by atoms with Crippen LogP contribution in [0.3, 0.4) is 0 Å². The molecule has 0 aliphatic carbocycles. The molecular formula is C20H15FN2O2S. The summed E-state index contributed by atoms with van der Waals surface area (Å²) in [6, 6.07) is 13.8. The van der Waals surface area contributed by atoms with Gasteiger partial charge in [-0.15, -0.1) is 0 Å². The molecule has 0 fully saturated rings. The number of nitrogens with zero attached hydrogens (tertiary/aromatic N) is 2. The molecule has 0 radical (unpaired) electrons. The minimum Gasteiger partial charge on any atom is -0.466 e. The molecule has 3 aromatic rings. The Morgan fingerprint density at radius 2 is 2.04 bits per heavy atom. The van der Waals surface area contributed by atoms with Crippen molar-refractivity contribution in [1.82, 2.24) is 4.57 Å². The van der Waals surface area contributed by atoms with Crippen molar-refractivity contribution in [2.24, 2.45) is 4.99 Å². The first kappa shape index (κ1) is 15.5. The molecule has 3 heterocycles. The second-order valence-corrected chi connectivity index (χ2v) is 7.78. The molecule has 0 saturated heterocycles. The standard InChI is InChI=1S/C20H15FN2O2S/c1-20-11-15(14-4-2-3-5-16(14)25-20)23-18(24)17(26-19(23)22-20)10-12-6-8-13(21)9-7-12/h2-10,15H,11H2,1H3/b17-10-/t15-,20-/m0/s1. The SMILES string of the molecule is C[C@@]12C[C@@H](c3ccccc3O1)n1c(s/c(=C\c3ccc(F)cc3)c1=O)=N2. The Morgan fingerprint density at radius 3 is 2.85 bits per heavy atom. The Kier molecular flexibility index (Phi) is 3.21. The van der Waals surface area contributed by atoms with Gasteiger partial charge in [0.25, 0.3) is 5.56 Å². The van der Waals surface area contributed by atoms with Crippen molar-refractivity contribution in [3.05, 3.63) is 85.2 Å². The molecule has 5 rings (SSSR count). The van der Waals surface area contributed by atoms with E-state index < -0.39 is 5.72 Å². The molecule has 0 spiro atoms. The number of aromatic nitrogens is 1. The molecule has 2 atom stereocenters. The summed E-state index contributed by atoms with van der Waals surface area (Å²) in [6.45, 7) is 1.95. The Bertz CT molecular complexity index is 1200. The normalized spacial score (nSPS) is 23.6. The number of benzene rings is 2. The number of fused-ring (bicyclic) bond motifs is 6. The van der Waals surface area contributed by atoms with E-state index in [1.165, 1.54) is 23.5 Å². The number of ether oxygens (including phenoxy) is 1. The van der Waals surface area contributed by atoms with E-state index >= 15 is 0 Å². The lowest BCUT2D eigenvalue weighted by molar-refractivity contribution is 0.0410. The fourth-order valence-corrected chi connectivity index (χ4v) is 4.77. The number of hydrogen-bond donors (Lipinski definition) is 0. The molecule has 0 saturated carbocycles. The van der Waals surface area contributed by atoms with E-state index in [0.717, 1.165) is 16.9 Å². The highest BCUT2D eigenvalue weighted by Crippen LogP contribution is 2.42. The average Bonchev–Trinajstić information content (AvgIpc) is 2.91. The van der Waals surface area contributed by atoms with Gasteiger partial charge in [-0.1, -0.05) is 41.7 Å². The van der Waals surface area contributed by atoms with Crippen LogP contribution in [0.5, 0.6) is 5.75 Å². The third kappa shape index (κ3) is 2.33. The Balaban J connectivity index is 1.74. The lowest BCUT2D eigenvalue weighted by Gasteiger charge is -2.39. The zero-order valence-electron chi connectivity index (χ0n) is 14.0. The molecule has 2 bridgehead atoms. The number of halogens is 1. The fourth-order valence-electron chi connectivity index (χ4n) is 3.65. The monoisotopic (exact) mass is 366 g/mol. The molecule has 6 heteroatoms. The minimum atomic E-state index is -0.663. The quantitative estimate of drug-likeness (QED) is 0.664. The van der Waals surface area contributed by atoms with Crippen LogP contribution in [0, 0.1) is 5.82 Å². The molecule has 1 aromatic heterocycles. The first-order valence-electron chi connectivity index (χ1n) is 8.39. The maximum atomic E-state index is 13.1. The topological polar surface area (TPSA) is 43.6 Å². The van der Waals surface area contributed by atoms with Crippen LogP contribution in [0.1, 0.15) is 30.5 Å². The van der Waals surface area contributed by atoms with Gasteiger partial charge in [0.15, 0.2) is 4.80 Å². The van der Waals surface area contributed by atoms with Gasteiger partial charge < -0.3 is 4.74 Å². The van der Waals surface area contributed by atoms with Gasteiger partial charge in [-0.05, 0) is 36.8 Å². The summed E-state index contributed by atoms with van der Waals surface area (Å²) in [5.41, 5.74) is 1.06. The summed E-state index contributed by atoms with van der Waals surface area (Å²) >= 11 is 1.35. The highest BCUT2D eigenvalue weighted by molar-refractivity contribution is 7.07. The largest absolute Gasteiger partial charge is 0.466 e. The van der Waals surface area contributed by atoms with Crippen LogP contribution < -0.4 is 19.6 Å². The van der Waals surface area contributed by atoms with E-state index in [1.807, 2.05) is 31.2 Å². The van der Waals surface area contributed by atoms with E-state index in [-0.39, 0.29) is 17.4 Å². The molecule has 2 aromatic carbocycles. The molecule has 0 amide bonds. The maximum Gasteiger partial charge on any atom is 0.270 e. The van der Waals surface area contributed by atoms with Crippen LogP contribution in [-0.2, 0) is 0 Å². The number of thiazole rings is 1. The van der Waals surface area contributed by atoms with Crippen molar-refractivity contribution < 1.29 is 9.13 Å². The first-order valence-corrected chi connectivity index (χ1v) is 9.21. The summed E-state index contributed by atoms with van der Waals surface area (Å²) in [6.07, 6.45) is 2.41. The van der Waals surface area contributed by atoms with Crippen LogP contribution in [-0.4, -0.2) is 10.3 Å². The lowest BCUT2D eigenvalue weighted by Crippen LogP contribution is -2.49. The number of rotatable bonds is 1. The minimum absolute atomic E-state index is 0.0678. The average molecular weight is 366 g/mol. The van der Waals surface area contributed by atoms with Crippen LogP contribution in [0.4, 0.5) is 4.39 Å². The van der Waals surface area contributed by atoms with Crippen molar-refractivity contribution in [3.63, 3.8) is 0 Å². The second kappa shape index (κ2) is 5.38. The van der Waals surface area contributed by atoms with E-state index in [2.05, 4.69) is 0 Å². The predicted octanol–water partition coefficient (Wildman–Crippen LogP) is 2.60. The van der Waals surface area contributed by atoms with Gasteiger partial charge >= 0.3 is 0 Å². The zero-order valence-corrected chi connectivity index (χ0v) is 14.8. The zero-order chi connectivity index (χ0) is 17.9. The van der Waals surface area contributed by atoms with Gasteiger partial charge in [-0.2, -0.15) is 0 Å². The Labute approximate surface area is 152 Å². The lowest BCUT2D eigenvalue weighted by atomic mass is 9.93. The number of hydrogen-bond acceptors (Lipinski definition) is 4. The third-order valence-electron chi connectivity index (χ3n) is 4.83. The summed E-state index contributed by atoms with van der Waals surface area (Å²) in [5, 5.41) is 0. The maximum absolute atomic E-state index is 13.1. The van der Waals surface area contributed by atoms with Crippen molar-refractivity contribution in [1.29, 1.82) is 0 Å². The van der Waals surface area contributed by atoms with Crippen LogP contribution in [0.25, 0.3) is 6.08 Å². The van der Waals surface area contributed by atoms with Gasteiger partial charge in [-0.3, -0.25) is 9.36 Å². The molecule has 0 unspecified atom stereocenters. The second-order valence-electron chi connectivity index (χ2n) is 6.77. The van der Waals surface area contributed by atoms with Gasteiger partial charge in [0.1, 0.15) is 11.6 Å². The van der Waals surface area contributed by atoms with E-state index in [4.69, 9.17) is 9.73 Å². The summed E-state index contributed by atoms with van der Waals surface area (Å²) < 4.78 is 21.6. The van der Waals surface area contributed by atoms with Crippen molar-refractivity contribution in [2.75, 3.05) is 0 Å². The predicted molar refractivity (Wildman–Crippen MR) is 97.6 cm³/mol.